The predicted octanol–water partition coefficient (Wildman–Crippen LogP) is 4.57. The molecule has 0 saturated heterocycles. The van der Waals surface area contributed by atoms with E-state index in [1.165, 1.54) is 10.4 Å². The van der Waals surface area contributed by atoms with Crippen LogP contribution in [0.25, 0.3) is 0 Å². The van der Waals surface area contributed by atoms with Gasteiger partial charge in [-0.15, -0.1) is 11.3 Å². The number of benzene rings is 2. The summed E-state index contributed by atoms with van der Waals surface area (Å²) in [7, 11) is 4.09. The Bertz CT molecular complexity index is 844. The van der Waals surface area contributed by atoms with E-state index in [0.717, 1.165) is 24.0 Å². The smallest absolute Gasteiger partial charge is 0.251 e. The lowest BCUT2D eigenvalue weighted by atomic mass is 9.99. The van der Waals surface area contributed by atoms with Crippen LogP contribution in [-0.4, -0.2) is 31.4 Å². The van der Waals surface area contributed by atoms with E-state index in [2.05, 4.69) is 58.1 Å². The molecule has 3 rings (SSSR count). The highest BCUT2D eigenvalue weighted by Gasteiger charge is 2.18. The number of carbonyl (C=O) groups excluding carboxylic acids is 1. The van der Waals surface area contributed by atoms with Crippen LogP contribution in [0.2, 0.25) is 0 Å². The largest absolute Gasteiger partial charge is 0.350 e. The Kier molecular flexibility index (Phi) is 6.80. The van der Waals surface area contributed by atoms with Crippen LogP contribution in [0, 0.1) is 0 Å². The molecule has 27 heavy (non-hydrogen) atoms. The van der Waals surface area contributed by atoms with Gasteiger partial charge in [0.2, 0.25) is 0 Å². The average Bonchev–Trinajstić information content (AvgIpc) is 3.21. The van der Waals surface area contributed by atoms with Crippen molar-refractivity contribution in [2.24, 2.45) is 0 Å². The third-order valence-corrected chi connectivity index (χ3v) is 5.71. The molecular weight excluding hydrogens is 352 g/mol. The zero-order valence-corrected chi connectivity index (χ0v) is 16.7. The number of carbonyl (C=O) groups is 1. The Balaban J connectivity index is 1.66. The first-order valence-corrected chi connectivity index (χ1v) is 10.1. The molecular formula is C23H26N2OS. The van der Waals surface area contributed by atoms with Crippen molar-refractivity contribution in [1.29, 1.82) is 0 Å². The molecule has 1 unspecified atom stereocenters. The minimum atomic E-state index is 0.00191. The quantitative estimate of drug-likeness (QED) is 0.623. The third kappa shape index (κ3) is 5.28. The molecule has 0 bridgehead atoms. The average molecular weight is 379 g/mol. The Morgan fingerprint density at radius 1 is 0.963 bits per heavy atom. The number of nitrogens with one attached hydrogen (secondary N) is 1. The molecule has 0 aliphatic carbocycles. The lowest BCUT2D eigenvalue weighted by Gasteiger charge is -2.23. The van der Waals surface area contributed by atoms with E-state index >= 15 is 0 Å². The molecule has 2 aromatic carbocycles. The summed E-state index contributed by atoms with van der Waals surface area (Å²) in [5.74, 6) is 0.00191. The zero-order valence-electron chi connectivity index (χ0n) is 15.9. The van der Waals surface area contributed by atoms with Gasteiger partial charge in [-0.05, 0) is 55.6 Å². The van der Waals surface area contributed by atoms with E-state index in [9.17, 15) is 4.79 Å². The van der Waals surface area contributed by atoms with Gasteiger partial charge in [-0.2, -0.15) is 0 Å². The first-order valence-electron chi connectivity index (χ1n) is 9.25. The lowest BCUT2D eigenvalue weighted by molar-refractivity contribution is 0.0941. The summed E-state index contributed by atoms with van der Waals surface area (Å²) in [5, 5.41) is 5.21. The normalized spacial score (nSPS) is 12.1. The highest BCUT2D eigenvalue weighted by molar-refractivity contribution is 7.10. The van der Waals surface area contributed by atoms with Crippen LogP contribution in [0.1, 0.15) is 32.4 Å². The molecule has 1 heterocycles. The van der Waals surface area contributed by atoms with Crippen molar-refractivity contribution in [3.63, 3.8) is 0 Å². The van der Waals surface area contributed by atoms with Gasteiger partial charge in [0.25, 0.3) is 5.91 Å². The van der Waals surface area contributed by atoms with Crippen LogP contribution in [0.15, 0.2) is 72.1 Å². The summed E-state index contributed by atoms with van der Waals surface area (Å²) in [6.45, 7) is 0.597. The summed E-state index contributed by atoms with van der Waals surface area (Å²) in [6.07, 6.45) is 1.79. The molecule has 3 aromatic rings. The van der Waals surface area contributed by atoms with Crippen LogP contribution in [-0.2, 0) is 12.8 Å². The zero-order chi connectivity index (χ0) is 19.1. The Morgan fingerprint density at radius 2 is 1.70 bits per heavy atom. The number of thiophene rings is 1. The van der Waals surface area contributed by atoms with Crippen molar-refractivity contribution in [2.45, 2.75) is 18.9 Å². The molecule has 1 aromatic heterocycles. The first-order chi connectivity index (χ1) is 13.1. The van der Waals surface area contributed by atoms with Crippen molar-refractivity contribution in [3.8, 4) is 0 Å². The van der Waals surface area contributed by atoms with Crippen molar-refractivity contribution < 1.29 is 4.79 Å². The molecule has 3 nitrogen and oxygen atoms in total. The fourth-order valence-corrected chi connectivity index (χ4v) is 4.11. The molecule has 0 fully saturated rings. The maximum atomic E-state index is 12.8. The van der Waals surface area contributed by atoms with Gasteiger partial charge in [0.15, 0.2) is 0 Å². The van der Waals surface area contributed by atoms with E-state index in [0.29, 0.717) is 6.54 Å². The number of hydrogen-bond donors (Lipinski definition) is 1. The number of nitrogens with zero attached hydrogens (tertiary/aromatic N) is 1. The van der Waals surface area contributed by atoms with Crippen LogP contribution in [0.4, 0.5) is 0 Å². The van der Waals surface area contributed by atoms with Crippen molar-refractivity contribution in [2.75, 3.05) is 20.6 Å². The van der Waals surface area contributed by atoms with Crippen molar-refractivity contribution >= 4 is 17.2 Å². The Morgan fingerprint density at radius 3 is 2.41 bits per heavy atom. The maximum Gasteiger partial charge on any atom is 0.251 e. The summed E-state index contributed by atoms with van der Waals surface area (Å²) < 4.78 is 0. The highest BCUT2D eigenvalue weighted by Crippen LogP contribution is 2.22. The topological polar surface area (TPSA) is 32.3 Å². The summed E-state index contributed by atoms with van der Waals surface area (Å²) in [5.41, 5.74) is 3.16. The molecule has 4 heteroatoms. The van der Waals surface area contributed by atoms with E-state index in [1.54, 1.807) is 11.3 Å². The number of rotatable bonds is 8. The fourth-order valence-electron chi connectivity index (χ4n) is 3.19. The van der Waals surface area contributed by atoms with Gasteiger partial charge in [0.1, 0.15) is 0 Å². The predicted molar refractivity (Wildman–Crippen MR) is 113 cm³/mol. The standard InChI is InChI=1S/C23H26N2OS/c1-25(2)21(22-13-8-16-27-22)17-24-23(26)20-12-7-6-11-19(20)15-14-18-9-4-3-5-10-18/h3-13,16,21H,14-15,17H2,1-2H3,(H,24,26). The van der Waals surface area contributed by atoms with Gasteiger partial charge in [-0.1, -0.05) is 54.6 Å². The minimum absolute atomic E-state index is 0.00191. The number of aryl methyl sites for hydroxylation is 2. The highest BCUT2D eigenvalue weighted by atomic mass is 32.1. The SMILES string of the molecule is CN(C)C(CNC(=O)c1ccccc1CCc1ccccc1)c1cccs1. The molecule has 1 amide bonds. The molecule has 1 N–H and O–H groups in total. The van der Waals surface area contributed by atoms with Crippen LogP contribution >= 0.6 is 11.3 Å². The van der Waals surface area contributed by atoms with E-state index in [-0.39, 0.29) is 11.9 Å². The molecule has 0 saturated carbocycles. The summed E-state index contributed by atoms with van der Waals surface area (Å²) in [6, 6.07) is 22.7. The summed E-state index contributed by atoms with van der Waals surface area (Å²) in [4.78, 5) is 16.3. The number of amides is 1. The molecule has 140 valence electrons. The molecule has 0 radical (unpaired) electrons. The van der Waals surface area contributed by atoms with E-state index in [4.69, 9.17) is 0 Å². The van der Waals surface area contributed by atoms with Gasteiger partial charge < -0.3 is 10.2 Å². The fraction of sp³-hybridized carbons (Fsp3) is 0.261. The summed E-state index contributed by atoms with van der Waals surface area (Å²) >= 11 is 1.72. The molecule has 0 aliphatic heterocycles. The monoisotopic (exact) mass is 378 g/mol. The Hall–Kier alpha value is -2.43. The van der Waals surface area contributed by atoms with Crippen LogP contribution in [0.3, 0.4) is 0 Å². The first kappa shape index (κ1) is 19.3. The van der Waals surface area contributed by atoms with Gasteiger partial charge in [0, 0.05) is 17.0 Å². The number of likely N-dealkylation sites (N-methyl/N-ethyl adjacent to an activating group) is 1. The second-order valence-corrected chi connectivity index (χ2v) is 7.83. The molecule has 1 atom stereocenters. The second-order valence-electron chi connectivity index (χ2n) is 6.85. The molecule has 0 aliphatic rings. The molecule has 0 spiro atoms. The van der Waals surface area contributed by atoms with Crippen LogP contribution in [0.5, 0.6) is 0 Å². The van der Waals surface area contributed by atoms with Gasteiger partial charge in [0.05, 0.1) is 6.04 Å². The third-order valence-electron chi connectivity index (χ3n) is 4.74. The lowest BCUT2D eigenvalue weighted by Crippen LogP contribution is -2.34. The maximum absolute atomic E-state index is 12.8. The van der Waals surface area contributed by atoms with Crippen molar-refractivity contribution in [1.82, 2.24) is 10.2 Å². The van der Waals surface area contributed by atoms with Crippen LogP contribution < -0.4 is 5.32 Å². The van der Waals surface area contributed by atoms with E-state index < -0.39 is 0 Å². The number of hydrogen-bond acceptors (Lipinski definition) is 3. The minimum Gasteiger partial charge on any atom is -0.350 e. The van der Waals surface area contributed by atoms with Gasteiger partial charge in [-0.3, -0.25) is 4.79 Å². The van der Waals surface area contributed by atoms with Gasteiger partial charge in [-0.25, -0.2) is 0 Å². The van der Waals surface area contributed by atoms with Crippen molar-refractivity contribution in [3.05, 3.63) is 93.7 Å². The Labute approximate surface area is 165 Å². The second kappa shape index (κ2) is 9.49. The van der Waals surface area contributed by atoms with E-state index in [1.807, 2.05) is 38.4 Å². The van der Waals surface area contributed by atoms with Gasteiger partial charge >= 0.3 is 0 Å².